The lowest BCUT2D eigenvalue weighted by molar-refractivity contribution is 0.400. The van der Waals surface area contributed by atoms with Gasteiger partial charge >= 0.3 is 0 Å². The first-order chi connectivity index (χ1) is 7.89. The number of hydrogen-bond acceptors (Lipinski definition) is 3. The van der Waals surface area contributed by atoms with Crippen LogP contribution in [-0.2, 0) is 10.0 Å². The van der Waals surface area contributed by atoms with E-state index >= 15 is 0 Å². The zero-order valence-corrected chi connectivity index (χ0v) is 11.1. The Morgan fingerprint density at radius 3 is 2.76 bits per heavy atom. The molecule has 1 unspecified atom stereocenters. The SMILES string of the molecule is CS(=O)(=O)N1CCCC1c1ccc(N)c(Cl)c1. The Bertz CT molecular complexity index is 530. The van der Waals surface area contributed by atoms with E-state index in [1.165, 1.54) is 10.6 Å². The molecule has 1 fully saturated rings. The Balaban J connectivity index is 2.36. The Morgan fingerprint density at radius 1 is 1.47 bits per heavy atom. The predicted octanol–water partition coefficient (Wildman–Crippen LogP) is 2.02. The van der Waals surface area contributed by atoms with E-state index in [1.807, 2.05) is 6.07 Å². The molecule has 94 valence electrons. The van der Waals surface area contributed by atoms with Crippen molar-refractivity contribution in [3.63, 3.8) is 0 Å². The van der Waals surface area contributed by atoms with Gasteiger partial charge in [-0.3, -0.25) is 0 Å². The van der Waals surface area contributed by atoms with Crippen LogP contribution in [0.4, 0.5) is 5.69 Å². The average molecular weight is 275 g/mol. The van der Waals surface area contributed by atoms with Crippen LogP contribution in [0.2, 0.25) is 5.02 Å². The molecule has 2 N–H and O–H groups in total. The molecule has 1 saturated heterocycles. The third kappa shape index (κ3) is 2.56. The Morgan fingerprint density at radius 2 is 2.18 bits per heavy atom. The molecule has 0 amide bonds. The second-order valence-electron chi connectivity index (χ2n) is 4.31. The van der Waals surface area contributed by atoms with E-state index in [0.29, 0.717) is 17.3 Å². The second-order valence-corrected chi connectivity index (χ2v) is 6.65. The molecular weight excluding hydrogens is 260 g/mol. The van der Waals surface area contributed by atoms with Crippen molar-refractivity contribution in [2.75, 3.05) is 18.5 Å². The summed E-state index contributed by atoms with van der Waals surface area (Å²) < 4.78 is 24.8. The first kappa shape index (κ1) is 12.7. The number of anilines is 1. The molecule has 4 nitrogen and oxygen atoms in total. The molecular formula is C11H15ClN2O2S. The quantitative estimate of drug-likeness (QED) is 0.839. The smallest absolute Gasteiger partial charge is 0.211 e. The lowest BCUT2D eigenvalue weighted by Crippen LogP contribution is -2.29. The van der Waals surface area contributed by atoms with E-state index in [-0.39, 0.29) is 6.04 Å². The number of nitrogens with zero attached hydrogens (tertiary/aromatic N) is 1. The van der Waals surface area contributed by atoms with Crippen molar-refractivity contribution in [3.05, 3.63) is 28.8 Å². The highest BCUT2D eigenvalue weighted by atomic mass is 35.5. The van der Waals surface area contributed by atoms with Crippen molar-refractivity contribution >= 4 is 27.3 Å². The Labute approximate surface area is 106 Å². The third-order valence-electron chi connectivity index (χ3n) is 3.04. The summed E-state index contributed by atoms with van der Waals surface area (Å²) in [6.07, 6.45) is 2.94. The largest absolute Gasteiger partial charge is 0.398 e. The van der Waals surface area contributed by atoms with Crippen LogP contribution in [0, 0.1) is 0 Å². The van der Waals surface area contributed by atoms with Gasteiger partial charge in [-0.1, -0.05) is 17.7 Å². The molecule has 0 spiro atoms. The minimum absolute atomic E-state index is 0.108. The maximum atomic E-state index is 11.6. The fourth-order valence-electron chi connectivity index (χ4n) is 2.22. The van der Waals surface area contributed by atoms with Gasteiger partial charge in [-0.25, -0.2) is 8.42 Å². The van der Waals surface area contributed by atoms with E-state index in [1.54, 1.807) is 12.1 Å². The molecule has 0 saturated carbocycles. The van der Waals surface area contributed by atoms with E-state index in [4.69, 9.17) is 17.3 Å². The summed E-state index contributed by atoms with van der Waals surface area (Å²) in [6, 6.07) is 5.21. The molecule has 6 heteroatoms. The number of halogens is 1. The van der Waals surface area contributed by atoms with Crippen molar-refractivity contribution in [1.82, 2.24) is 4.31 Å². The summed E-state index contributed by atoms with van der Waals surface area (Å²) in [5, 5.41) is 0.475. The van der Waals surface area contributed by atoms with Crippen LogP contribution in [0.1, 0.15) is 24.4 Å². The number of nitrogen functional groups attached to an aromatic ring is 1. The van der Waals surface area contributed by atoms with E-state index in [2.05, 4.69) is 0 Å². The zero-order chi connectivity index (χ0) is 12.6. The topological polar surface area (TPSA) is 63.4 Å². The molecule has 0 radical (unpaired) electrons. The monoisotopic (exact) mass is 274 g/mol. The van der Waals surface area contributed by atoms with Crippen LogP contribution < -0.4 is 5.73 Å². The predicted molar refractivity (Wildman–Crippen MR) is 69.4 cm³/mol. The van der Waals surface area contributed by atoms with Gasteiger partial charge in [-0.15, -0.1) is 0 Å². The number of hydrogen-bond donors (Lipinski definition) is 1. The van der Waals surface area contributed by atoms with Crippen LogP contribution in [0.3, 0.4) is 0 Å². The maximum Gasteiger partial charge on any atom is 0.211 e. The minimum Gasteiger partial charge on any atom is -0.398 e. The van der Waals surface area contributed by atoms with Crippen molar-refractivity contribution in [2.45, 2.75) is 18.9 Å². The highest BCUT2D eigenvalue weighted by Crippen LogP contribution is 2.35. The molecule has 1 aromatic carbocycles. The number of sulfonamides is 1. The van der Waals surface area contributed by atoms with Gasteiger partial charge in [-0.2, -0.15) is 4.31 Å². The molecule has 2 rings (SSSR count). The van der Waals surface area contributed by atoms with E-state index < -0.39 is 10.0 Å². The van der Waals surface area contributed by atoms with Crippen LogP contribution in [0.15, 0.2) is 18.2 Å². The van der Waals surface area contributed by atoms with Gasteiger partial charge in [0.25, 0.3) is 0 Å². The molecule has 1 atom stereocenters. The van der Waals surface area contributed by atoms with Gasteiger partial charge < -0.3 is 5.73 Å². The van der Waals surface area contributed by atoms with Crippen LogP contribution >= 0.6 is 11.6 Å². The van der Waals surface area contributed by atoms with Gasteiger partial charge in [-0.05, 0) is 30.5 Å². The van der Waals surface area contributed by atoms with Gasteiger partial charge in [0, 0.05) is 12.6 Å². The normalized spacial score (nSPS) is 21.9. The van der Waals surface area contributed by atoms with Crippen molar-refractivity contribution in [1.29, 1.82) is 0 Å². The Hall–Kier alpha value is -0.780. The minimum atomic E-state index is -3.16. The van der Waals surface area contributed by atoms with Crippen molar-refractivity contribution in [3.8, 4) is 0 Å². The number of benzene rings is 1. The molecule has 1 aromatic rings. The molecule has 0 bridgehead atoms. The molecule has 0 aliphatic carbocycles. The van der Waals surface area contributed by atoms with Gasteiger partial charge in [0.1, 0.15) is 0 Å². The maximum absolute atomic E-state index is 11.6. The van der Waals surface area contributed by atoms with E-state index in [9.17, 15) is 8.42 Å². The van der Waals surface area contributed by atoms with Gasteiger partial charge in [0.2, 0.25) is 10.0 Å². The molecule has 1 heterocycles. The third-order valence-corrected chi connectivity index (χ3v) is 4.66. The average Bonchev–Trinajstić information content (AvgIpc) is 2.70. The van der Waals surface area contributed by atoms with Gasteiger partial charge in [0.15, 0.2) is 0 Å². The number of rotatable bonds is 2. The lowest BCUT2D eigenvalue weighted by atomic mass is 10.1. The Kier molecular flexibility index (Phi) is 3.34. The van der Waals surface area contributed by atoms with E-state index in [0.717, 1.165) is 18.4 Å². The highest BCUT2D eigenvalue weighted by Gasteiger charge is 2.32. The van der Waals surface area contributed by atoms with Crippen LogP contribution in [-0.4, -0.2) is 25.5 Å². The zero-order valence-electron chi connectivity index (χ0n) is 9.56. The highest BCUT2D eigenvalue weighted by molar-refractivity contribution is 7.88. The fraction of sp³-hybridized carbons (Fsp3) is 0.455. The molecule has 1 aliphatic heterocycles. The first-order valence-corrected chi connectivity index (χ1v) is 7.64. The van der Waals surface area contributed by atoms with Crippen molar-refractivity contribution < 1.29 is 8.42 Å². The van der Waals surface area contributed by atoms with Gasteiger partial charge in [0.05, 0.1) is 17.0 Å². The standard InChI is InChI=1S/C11H15ClN2O2S/c1-17(15,16)14-6-2-3-11(14)8-4-5-10(13)9(12)7-8/h4-5,7,11H,2-3,6,13H2,1H3. The molecule has 17 heavy (non-hydrogen) atoms. The molecule has 0 aromatic heterocycles. The van der Waals surface area contributed by atoms with Crippen LogP contribution in [0.5, 0.6) is 0 Å². The van der Waals surface area contributed by atoms with Crippen molar-refractivity contribution in [2.24, 2.45) is 0 Å². The second kappa shape index (κ2) is 4.48. The number of nitrogens with two attached hydrogens (primary N) is 1. The lowest BCUT2D eigenvalue weighted by Gasteiger charge is -2.22. The summed E-state index contributed by atoms with van der Waals surface area (Å²) in [4.78, 5) is 0. The summed E-state index contributed by atoms with van der Waals surface area (Å²) >= 11 is 5.96. The summed E-state index contributed by atoms with van der Waals surface area (Å²) in [6.45, 7) is 0.575. The summed E-state index contributed by atoms with van der Waals surface area (Å²) in [5.41, 5.74) is 7.07. The summed E-state index contributed by atoms with van der Waals surface area (Å²) in [7, 11) is -3.16. The fourth-order valence-corrected chi connectivity index (χ4v) is 3.56. The summed E-state index contributed by atoms with van der Waals surface area (Å²) in [5.74, 6) is 0. The first-order valence-electron chi connectivity index (χ1n) is 5.41. The van der Waals surface area contributed by atoms with Crippen LogP contribution in [0.25, 0.3) is 0 Å². The molecule has 1 aliphatic rings.